The van der Waals surface area contributed by atoms with Crippen LogP contribution in [0, 0.1) is 13.8 Å². The SMILES string of the molecule is COc1nc(C)cc(C)c1CNCCC(=O)N1CCc2ccccc2C1. The molecule has 0 bridgehead atoms. The first kappa shape index (κ1) is 18.4. The number of pyridine rings is 1. The maximum Gasteiger partial charge on any atom is 0.224 e. The molecule has 1 N–H and O–H groups in total. The molecule has 1 aliphatic heterocycles. The summed E-state index contributed by atoms with van der Waals surface area (Å²) in [6.45, 7) is 6.85. The molecular formula is C21H27N3O2. The number of fused-ring (bicyclic) bond motifs is 1. The molecule has 1 amide bonds. The highest BCUT2D eigenvalue weighted by molar-refractivity contribution is 5.76. The van der Waals surface area contributed by atoms with Crippen molar-refractivity contribution < 1.29 is 9.53 Å². The summed E-state index contributed by atoms with van der Waals surface area (Å²) in [6.07, 6.45) is 1.45. The molecule has 0 aliphatic carbocycles. The van der Waals surface area contributed by atoms with Crippen molar-refractivity contribution in [3.8, 4) is 5.88 Å². The summed E-state index contributed by atoms with van der Waals surface area (Å²) >= 11 is 0. The summed E-state index contributed by atoms with van der Waals surface area (Å²) < 4.78 is 5.39. The number of aromatic nitrogens is 1. The fraction of sp³-hybridized carbons (Fsp3) is 0.429. The minimum atomic E-state index is 0.206. The summed E-state index contributed by atoms with van der Waals surface area (Å²) in [5.74, 6) is 0.867. The second kappa shape index (κ2) is 8.32. The number of amides is 1. The van der Waals surface area contributed by atoms with Gasteiger partial charge in [-0.15, -0.1) is 0 Å². The van der Waals surface area contributed by atoms with Crippen LogP contribution in [0.25, 0.3) is 0 Å². The van der Waals surface area contributed by atoms with Gasteiger partial charge in [0.25, 0.3) is 0 Å². The molecule has 2 aromatic rings. The fourth-order valence-corrected chi connectivity index (χ4v) is 3.49. The summed E-state index contributed by atoms with van der Waals surface area (Å²) in [5.41, 5.74) is 5.79. The average molecular weight is 353 g/mol. The van der Waals surface area contributed by atoms with Crippen LogP contribution in [0.5, 0.6) is 5.88 Å². The smallest absolute Gasteiger partial charge is 0.224 e. The maximum atomic E-state index is 12.5. The van der Waals surface area contributed by atoms with Gasteiger partial charge in [-0.3, -0.25) is 4.79 Å². The van der Waals surface area contributed by atoms with Crippen molar-refractivity contribution in [2.45, 2.75) is 39.8 Å². The number of nitrogens with zero attached hydrogens (tertiary/aromatic N) is 2. The highest BCUT2D eigenvalue weighted by atomic mass is 16.5. The number of benzene rings is 1. The Labute approximate surface area is 155 Å². The average Bonchev–Trinajstić information content (AvgIpc) is 2.65. The molecule has 2 heterocycles. The lowest BCUT2D eigenvalue weighted by atomic mass is 10.00. The molecule has 0 unspecified atom stereocenters. The van der Waals surface area contributed by atoms with Crippen molar-refractivity contribution in [2.24, 2.45) is 0 Å². The van der Waals surface area contributed by atoms with Crippen LogP contribution in [-0.2, 0) is 24.3 Å². The highest BCUT2D eigenvalue weighted by Gasteiger charge is 2.19. The Kier molecular flexibility index (Phi) is 5.89. The monoisotopic (exact) mass is 353 g/mol. The van der Waals surface area contributed by atoms with E-state index in [-0.39, 0.29) is 5.91 Å². The normalized spacial score (nSPS) is 13.4. The lowest BCUT2D eigenvalue weighted by Crippen LogP contribution is -2.37. The molecule has 0 radical (unpaired) electrons. The largest absolute Gasteiger partial charge is 0.481 e. The summed E-state index contributed by atoms with van der Waals surface area (Å²) in [4.78, 5) is 18.9. The van der Waals surface area contributed by atoms with Crippen molar-refractivity contribution in [3.05, 3.63) is 58.3 Å². The van der Waals surface area contributed by atoms with Gasteiger partial charge in [-0.25, -0.2) is 4.98 Å². The Bertz CT molecular complexity index is 789. The first-order valence-corrected chi connectivity index (χ1v) is 9.15. The van der Waals surface area contributed by atoms with E-state index in [2.05, 4.69) is 41.5 Å². The van der Waals surface area contributed by atoms with Crippen LogP contribution in [0.3, 0.4) is 0 Å². The quantitative estimate of drug-likeness (QED) is 0.812. The summed E-state index contributed by atoms with van der Waals surface area (Å²) in [6, 6.07) is 10.4. The standard InChI is InChI=1S/C21H27N3O2/c1-15-12-16(2)23-21(26-3)19(15)13-22-10-8-20(25)24-11-9-17-6-4-5-7-18(17)14-24/h4-7,12,22H,8-11,13-14H2,1-3H3. The van der Waals surface area contributed by atoms with Crippen LogP contribution in [0.15, 0.2) is 30.3 Å². The summed E-state index contributed by atoms with van der Waals surface area (Å²) in [5, 5.41) is 3.36. The molecule has 1 aromatic carbocycles. The maximum absolute atomic E-state index is 12.5. The van der Waals surface area contributed by atoms with Gasteiger partial charge in [-0.1, -0.05) is 24.3 Å². The molecule has 0 atom stereocenters. The predicted molar refractivity (Wildman–Crippen MR) is 102 cm³/mol. The number of carbonyl (C=O) groups excluding carboxylic acids is 1. The summed E-state index contributed by atoms with van der Waals surface area (Å²) in [7, 11) is 1.64. The third-order valence-corrected chi connectivity index (χ3v) is 4.93. The first-order valence-electron chi connectivity index (χ1n) is 9.15. The van der Waals surface area contributed by atoms with Crippen LogP contribution in [0.4, 0.5) is 0 Å². The molecule has 0 spiro atoms. The predicted octanol–water partition coefficient (Wildman–Crippen LogP) is 2.77. The van der Waals surface area contributed by atoms with Crippen molar-refractivity contribution in [2.75, 3.05) is 20.2 Å². The van der Waals surface area contributed by atoms with Gasteiger partial charge in [0.05, 0.1) is 7.11 Å². The van der Waals surface area contributed by atoms with Crippen LogP contribution < -0.4 is 10.1 Å². The van der Waals surface area contributed by atoms with Gasteiger partial charge in [0.2, 0.25) is 11.8 Å². The van der Waals surface area contributed by atoms with Gasteiger partial charge < -0.3 is 15.0 Å². The molecule has 5 heteroatoms. The molecule has 1 aromatic heterocycles. The number of rotatable bonds is 6. The Hall–Kier alpha value is -2.40. The van der Waals surface area contributed by atoms with Gasteiger partial charge in [0, 0.05) is 43.9 Å². The molecule has 26 heavy (non-hydrogen) atoms. The van der Waals surface area contributed by atoms with E-state index in [4.69, 9.17) is 4.74 Å². The molecule has 138 valence electrons. The van der Waals surface area contributed by atoms with E-state index in [0.29, 0.717) is 25.4 Å². The fourth-order valence-electron chi connectivity index (χ4n) is 3.49. The van der Waals surface area contributed by atoms with Gasteiger partial charge in [-0.05, 0) is 43.0 Å². The number of ether oxygens (including phenoxy) is 1. The van der Waals surface area contributed by atoms with Crippen molar-refractivity contribution in [1.29, 1.82) is 0 Å². The first-order chi connectivity index (χ1) is 12.6. The number of aryl methyl sites for hydroxylation is 2. The molecular weight excluding hydrogens is 326 g/mol. The van der Waals surface area contributed by atoms with Crippen molar-refractivity contribution >= 4 is 5.91 Å². The van der Waals surface area contributed by atoms with E-state index < -0.39 is 0 Å². The minimum Gasteiger partial charge on any atom is -0.481 e. The van der Waals surface area contributed by atoms with Crippen LogP contribution in [-0.4, -0.2) is 36.0 Å². The van der Waals surface area contributed by atoms with E-state index in [1.165, 1.54) is 11.1 Å². The lowest BCUT2D eigenvalue weighted by molar-refractivity contribution is -0.132. The molecule has 5 nitrogen and oxygen atoms in total. The minimum absolute atomic E-state index is 0.206. The van der Waals surface area contributed by atoms with Gasteiger partial charge >= 0.3 is 0 Å². The molecule has 3 rings (SSSR count). The van der Waals surface area contributed by atoms with E-state index in [9.17, 15) is 4.79 Å². The molecule has 0 fully saturated rings. The van der Waals surface area contributed by atoms with Crippen molar-refractivity contribution in [1.82, 2.24) is 15.2 Å². The van der Waals surface area contributed by atoms with E-state index in [0.717, 1.165) is 36.3 Å². The number of nitrogens with one attached hydrogen (secondary N) is 1. The number of methoxy groups -OCH3 is 1. The topological polar surface area (TPSA) is 54.5 Å². The van der Waals surface area contributed by atoms with Crippen LogP contribution in [0.1, 0.15) is 34.4 Å². The Morgan fingerprint density at radius 3 is 2.81 bits per heavy atom. The highest BCUT2D eigenvalue weighted by Crippen LogP contribution is 2.21. The Morgan fingerprint density at radius 1 is 1.27 bits per heavy atom. The number of hydrogen-bond donors (Lipinski definition) is 1. The zero-order valence-corrected chi connectivity index (χ0v) is 15.8. The third-order valence-electron chi connectivity index (χ3n) is 4.93. The number of carbonyl (C=O) groups is 1. The van der Waals surface area contributed by atoms with Gasteiger partial charge in [0.1, 0.15) is 0 Å². The zero-order chi connectivity index (χ0) is 18.5. The van der Waals surface area contributed by atoms with Crippen molar-refractivity contribution in [3.63, 3.8) is 0 Å². The molecule has 1 aliphatic rings. The second-order valence-corrected chi connectivity index (χ2v) is 6.83. The molecule has 0 saturated carbocycles. The zero-order valence-electron chi connectivity index (χ0n) is 15.8. The Balaban J connectivity index is 1.49. The third kappa shape index (κ3) is 4.22. The van der Waals surface area contributed by atoms with Gasteiger partial charge in [0.15, 0.2) is 0 Å². The van der Waals surface area contributed by atoms with Crippen LogP contribution in [0.2, 0.25) is 0 Å². The van der Waals surface area contributed by atoms with Gasteiger partial charge in [-0.2, -0.15) is 0 Å². The number of hydrogen-bond acceptors (Lipinski definition) is 4. The molecule has 0 saturated heterocycles. The second-order valence-electron chi connectivity index (χ2n) is 6.83. The van der Waals surface area contributed by atoms with Crippen LogP contribution >= 0.6 is 0 Å². The Morgan fingerprint density at radius 2 is 2.04 bits per heavy atom. The van der Waals surface area contributed by atoms with E-state index in [1.54, 1.807) is 7.11 Å². The lowest BCUT2D eigenvalue weighted by Gasteiger charge is -2.29. The van der Waals surface area contributed by atoms with E-state index in [1.807, 2.05) is 17.9 Å². The van der Waals surface area contributed by atoms with E-state index >= 15 is 0 Å².